The molecule has 0 aromatic carbocycles. The topological polar surface area (TPSA) is 49.3 Å². The van der Waals surface area contributed by atoms with Crippen molar-refractivity contribution in [2.24, 2.45) is 0 Å². The van der Waals surface area contributed by atoms with Gasteiger partial charge in [-0.3, -0.25) is 0 Å². The van der Waals surface area contributed by atoms with Gasteiger partial charge in [0.25, 0.3) is 0 Å². The molecule has 0 bridgehead atoms. The van der Waals surface area contributed by atoms with E-state index >= 15 is 0 Å². The SMILES string of the molecule is CCCCNCCC[P+](=O)O. The van der Waals surface area contributed by atoms with Crippen molar-refractivity contribution < 1.29 is 9.46 Å². The summed E-state index contributed by atoms with van der Waals surface area (Å²) in [5, 5.41) is 3.20. The van der Waals surface area contributed by atoms with Crippen molar-refractivity contribution in [3.05, 3.63) is 0 Å². The van der Waals surface area contributed by atoms with Crippen LogP contribution in [0.1, 0.15) is 26.2 Å². The third kappa shape index (κ3) is 10.0. The fourth-order valence-electron chi connectivity index (χ4n) is 0.766. The summed E-state index contributed by atoms with van der Waals surface area (Å²) >= 11 is 0. The van der Waals surface area contributed by atoms with Crippen LogP contribution in [0.25, 0.3) is 0 Å². The van der Waals surface area contributed by atoms with Crippen molar-refractivity contribution in [2.45, 2.75) is 26.2 Å². The van der Waals surface area contributed by atoms with Crippen molar-refractivity contribution in [3.63, 3.8) is 0 Å². The second-order valence-electron chi connectivity index (χ2n) is 2.53. The van der Waals surface area contributed by atoms with E-state index in [1.165, 1.54) is 12.8 Å². The Bertz CT molecular complexity index is 109. The molecule has 3 nitrogen and oxygen atoms in total. The Hall–Kier alpha value is 0.0200. The molecule has 1 unspecified atom stereocenters. The van der Waals surface area contributed by atoms with Crippen LogP contribution in [0.4, 0.5) is 0 Å². The molecule has 0 spiro atoms. The van der Waals surface area contributed by atoms with E-state index in [1.54, 1.807) is 0 Å². The van der Waals surface area contributed by atoms with Gasteiger partial charge in [0.2, 0.25) is 0 Å². The van der Waals surface area contributed by atoms with Crippen LogP contribution in [-0.4, -0.2) is 24.1 Å². The summed E-state index contributed by atoms with van der Waals surface area (Å²) in [6.45, 7) is 4.03. The molecule has 0 rings (SSSR count). The van der Waals surface area contributed by atoms with Crippen molar-refractivity contribution >= 4 is 8.03 Å². The maximum atomic E-state index is 10.2. The van der Waals surface area contributed by atoms with Gasteiger partial charge in [0, 0.05) is 6.42 Å². The first-order chi connectivity index (χ1) is 5.27. The zero-order valence-corrected chi connectivity index (χ0v) is 7.94. The number of hydrogen-bond acceptors (Lipinski definition) is 2. The average Bonchev–Trinajstić information content (AvgIpc) is 1.96. The predicted molar refractivity (Wildman–Crippen MR) is 47.1 cm³/mol. The summed E-state index contributed by atoms with van der Waals surface area (Å²) in [5.41, 5.74) is 0. The van der Waals surface area contributed by atoms with Gasteiger partial charge in [0.15, 0.2) is 6.16 Å². The highest BCUT2D eigenvalue weighted by Crippen LogP contribution is 2.12. The Morgan fingerprint density at radius 2 is 2.00 bits per heavy atom. The van der Waals surface area contributed by atoms with E-state index in [9.17, 15) is 4.57 Å². The van der Waals surface area contributed by atoms with E-state index in [1.807, 2.05) is 0 Å². The monoisotopic (exact) mass is 178 g/mol. The van der Waals surface area contributed by atoms with Crippen molar-refractivity contribution in [3.8, 4) is 0 Å². The van der Waals surface area contributed by atoms with Gasteiger partial charge in [-0.2, -0.15) is 4.89 Å². The van der Waals surface area contributed by atoms with Crippen LogP contribution < -0.4 is 5.32 Å². The minimum atomic E-state index is -1.91. The maximum Gasteiger partial charge on any atom is 0.505 e. The Balaban J connectivity index is 2.85. The molecule has 11 heavy (non-hydrogen) atoms. The molecular weight excluding hydrogens is 161 g/mol. The summed E-state index contributed by atoms with van der Waals surface area (Å²) in [4.78, 5) is 8.44. The van der Waals surface area contributed by atoms with Crippen LogP contribution in [-0.2, 0) is 4.57 Å². The van der Waals surface area contributed by atoms with Gasteiger partial charge < -0.3 is 5.32 Å². The quantitative estimate of drug-likeness (QED) is 0.459. The normalized spacial score (nSPS) is 11.6. The van der Waals surface area contributed by atoms with Crippen LogP contribution >= 0.6 is 8.03 Å². The highest BCUT2D eigenvalue weighted by Gasteiger charge is 2.07. The fraction of sp³-hybridized carbons (Fsp3) is 1.00. The molecule has 0 radical (unpaired) electrons. The van der Waals surface area contributed by atoms with Crippen molar-refractivity contribution in [2.75, 3.05) is 19.3 Å². The first-order valence-electron chi connectivity index (χ1n) is 4.11. The lowest BCUT2D eigenvalue weighted by atomic mass is 10.3. The van der Waals surface area contributed by atoms with Gasteiger partial charge in [-0.05, 0) is 24.1 Å². The number of nitrogens with one attached hydrogen (secondary N) is 1. The largest absolute Gasteiger partial charge is 0.505 e. The molecule has 0 aliphatic carbocycles. The molecule has 0 heterocycles. The Morgan fingerprint density at radius 3 is 2.55 bits per heavy atom. The predicted octanol–water partition coefficient (Wildman–Crippen LogP) is 1.50. The third-order valence-electron chi connectivity index (χ3n) is 1.41. The Labute approximate surface area is 69.1 Å². The molecule has 1 atom stereocenters. The van der Waals surface area contributed by atoms with Crippen molar-refractivity contribution in [1.82, 2.24) is 5.32 Å². The summed E-state index contributed by atoms with van der Waals surface area (Å²) in [5.74, 6) is 0. The maximum absolute atomic E-state index is 10.2. The van der Waals surface area contributed by atoms with Crippen LogP contribution in [0.15, 0.2) is 0 Å². The summed E-state index contributed by atoms with van der Waals surface area (Å²) in [7, 11) is -1.91. The van der Waals surface area contributed by atoms with Gasteiger partial charge in [0.05, 0.1) is 0 Å². The van der Waals surface area contributed by atoms with E-state index < -0.39 is 8.03 Å². The highest BCUT2D eigenvalue weighted by atomic mass is 31.1. The van der Waals surface area contributed by atoms with Crippen LogP contribution in [0.2, 0.25) is 0 Å². The Kier molecular flexibility index (Phi) is 8.13. The Morgan fingerprint density at radius 1 is 1.36 bits per heavy atom. The van der Waals surface area contributed by atoms with Crippen LogP contribution in [0.5, 0.6) is 0 Å². The first-order valence-corrected chi connectivity index (χ1v) is 5.51. The van der Waals surface area contributed by atoms with Crippen LogP contribution in [0, 0.1) is 0 Å². The molecule has 0 saturated carbocycles. The molecule has 4 heteroatoms. The zero-order chi connectivity index (χ0) is 8.53. The highest BCUT2D eigenvalue weighted by molar-refractivity contribution is 7.37. The van der Waals surface area contributed by atoms with Gasteiger partial charge in [0.1, 0.15) is 0 Å². The minimum Gasteiger partial charge on any atom is -0.317 e. The number of hydrogen-bond donors (Lipinski definition) is 2. The molecule has 0 saturated heterocycles. The molecule has 0 fully saturated rings. The van der Waals surface area contributed by atoms with E-state index in [0.717, 1.165) is 19.5 Å². The molecule has 0 amide bonds. The second kappa shape index (κ2) is 8.12. The lowest BCUT2D eigenvalue weighted by Crippen LogP contribution is -2.16. The standard InChI is InChI=1S/C7H16NO2P/c1-2-3-5-8-6-4-7-11(9)10/h8H,2-7H2,1H3/p+1. The van der Waals surface area contributed by atoms with E-state index in [2.05, 4.69) is 12.2 Å². The summed E-state index contributed by atoms with van der Waals surface area (Å²) in [6.07, 6.45) is 3.61. The summed E-state index contributed by atoms with van der Waals surface area (Å²) < 4.78 is 10.2. The number of rotatable bonds is 7. The second-order valence-corrected chi connectivity index (χ2v) is 3.68. The number of unbranched alkanes of at least 4 members (excludes halogenated alkanes) is 1. The molecule has 0 aromatic rings. The van der Waals surface area contributed by atoms with Gasteiger partial charge in [-0.25, -0.2) is 0 Å². The first kappa shape index (κ1) is 11.0. The van der Waals surface area contributed by atoms with Gasteiger partial charge >= 0.3 is 8.03 Å². The van der Waals surface area contributed by atoms with E-state index in [-0.39, 0.29) is 0 Å². The van der Waals surface area contributed by atoms with Crippen LogP contribution in [0.3, 0.4) is 0 Å². The molecule has 0 aliphatic rings. The van der Waals surface area contributed by atoms with E-state index in [0.29, 0.717) is 6.16 Å². The molecule has 0 aromatic heterocycles. The lowest BCUT2D eigenvalue weighted by molar-refractivity contribution is 0.499. The molecule has 66 valence electrons. The summed E-state index contributed by atoms with van der Waals surface area (Å²) in [6, 6.07) is 0. The zero-order valence-electron chi connectivity index (χ0n) is 7.05. The van der Waals surface area contributed by atoms with E-state index in [4.69, 9.17) is 4.89 Å². The molecular formula is C7H17NO2P+. The smallest absolute Gasteiger partial charge is 0.317 e. The van der Waals surface area contributed by atoms with Gasteiger partial charge in [-0.15, -0.1) is 0 Å². The molecule has 0 aliphatic heterocycles. The fourth-order valence-corrected chi connectivity index (χ4v) is 1.19. The lowest BCUT2D eigenvalue weighted by Gasteiger charge is -1.98. The van der Waals surface area contributed by atoms with Gasteiger partial charge in [-0.1, -0.05) is 13.3 Å². The molecule has 2 N–H and O–H groups in total. The minimum absolute atomic E-state index is 0.425. The third-order valence-corrected chi connectivity index (χ3v) is 2.11. The average molecular weight is 178 g/mol. The van der Waals surface area contributed by atoms with Crippen molar-refractivity contribution in [1.29, 1.82) is 0 Å².